The fourth-order valence-corrected chi connectivity index (χ4v) is 45.1. The van der Waals surface area contributed by atoms with Gasteiger partial charge in [-0.15, -0.1) is 0 Å². The van der Waals surface area contributed by atoms with Gasteiger partial charge < -0.3 is 37.0 Å². The molecule has 0 spiro atoms. The number of hydrogen-bond donors (Lipinski definition) is 5. The van der Waals surface area contributed by atoms with E-state index in [1.54, 1.807) is 13.1 Å². The topological polar surface area (TPSA) is 259 Å². The van der Waals surface area contributed by atoms with Crippen LogP contribution in [0.4, 0.5) is 0 Å². The van der Waals surface area contributed by atoms with Gasteiger partial charge in [-0.25, -0.2) is 29.5 Å². The van der Waals surface area contributed by atoms with E-state index in [1.807, 2.05) is 58.9 Å². The zero-order valence-corrected chi connectivity index (χ0v) is 44.0. The van der Waals surface area contributed by atoms with Gasteiger partial charge in [-0.1, -0.05) is 26.7 Å². The van der Waals surface area contributed by atoms with E-state index in [4.69, 9.17) is 89.2 Å². The van der Waals surface area contributed by atoms with Crippen LogP contribution >= 0.6 is 0 Å². The molecule has 5 unspecified atom stereocenters. The molecule has 0 heterocycles. The number of unbranched alkanes of at least 4 members (excludes halogenated alkanes) is 1. The summed E-state index contributed by atoms with van der Waals surface area (Å²) in [6, 6.07) is 0. The van der Waals surface area contributed by atoms with Crippen molar-refractivity contribution in [3.63, 3.8) is 0 Å². The summed E-state index contributed by atoms with van der Waals surface area (Å²) in [4.78, 5) is 0. The average molecular weight is 899 g/mol. The van der Waals surface area contributed by atoms with Gasteiger partial charge >= 0.3 is 69.7 Å². The van der Waals surface area contributed by atoms with Crippen molar-refractivity contribution in [3.8, 4) is 0 Å². The monoisotopic (exact) mass is 897 g/mol. The van der Waals surface area contributed by atoms with Gasteiger partial charge in [-0.05, 0) is 78.6 Å². The maximum absolute atomic E-state index is 6.51. The van der Waals surface area contributed by atoms with Crippen molar-refractivity contribution in [2.45, 2.75) is 138 Å². The normalized spacial score (nSPS) is 19.7. The average Bonchev–Trinajstić information content (AvgIpc) is 2.88. The van der Waals surface area contributed by atoms with Crippen LogP contribution in [-0.2, 0) is 59.7 Å². The van der Waals surface area contributed by atoms with E-state index in [0.717, 1.165) is 0 Å². The largest absolute Gasteiger partial charge is 0.499 e. The smallest absolute Gasteiger partial charge is 0.437 e. The van der Waals surface area contributed by atoms with Gasteiger partial charge in [0.25, 0.3) is 0 Å². The Bertz CT molecular complexity index is 1010. The first-order chi connectivity index (χ1) is 22.1. The van der Waals surface area contributed by atoms with Crippen molar-refractivity contribution >= 4 is 86.3 Å². The Balaban J connectivity index is 0. The lowest BCUT2D eigenvalue weighted by Crippen LogP contribution is -2.69. The molecule has 29 heteroatoms. The summed E-state index contributed by atoms with van der Waals surface area (Å²) >= 11 is 0. The van der Waals surface area contributed by atoms with E-state index in [9.17, 15) is 0 Å². The van der Waals surface area contributed by atoms with E-state index in [1.165, 1.54) is 32.5 Å². The molecule has 0 radical (unpaired) electrons. The first kappa shape index (κ1) is 53.5. The van der Waals surface area contributed by atoms with Crippen LogP contribution in [-0.4, -0.2) is 86.3 Å². The van der Waals surface area contributed by atoms with Crippen LogP contribution in [0, 0.1) is 0 Å². The molecule has 0 rings (SSSR count). The van der Waals surface area contributed by atoms with Crippen LogP contribution < -0.4 is 29.5 Å². The van der Waals surface area contributed by atoms with E-state index >= 15 is 0 Å². The first-order valence-electron chi connectivity index (χ1n) is 16.3. The molecule has 0 aliphatic heterocycles. The summed E-state index contributed by atoms with van der Waals surface area (Å²) in [7, 11) is -31.6. The zero-order valence-electron chi connectivity index (χ0n) is 34.0. The van der Waals surface area contributed by atoms with Gasteiger partial charge in [-0.3, -0.25) is 22.6 Å². The van der Waals surface area contributed by atoms with Crippen molar-refractivity contribution in [1.29, 1.82) is 0 Å². The highest BCUT2D eigenvalue weighted by Gasteiger charge is 2.60. The third kappa shape index (κ3) is 22.7. The molecule has 0 aromatic heterocycles. The van der Waals surface area contributed by atoms with Gasteiger partial charge in [-0.2, -0.15) is 0 Å². The van der Waals surface area contributed by atoms with Gasteiger partial charge in [0.05, 0.1) is 0 Å². The Morgan fingerprint density at radius 2 is 0.480 bits per heavy atom. The molecule has 0 aliphatic carbocycles. The molecular formula is C21H71N5O14Si10. The fraction of sp³-hybridized carbons (Fsp3) is 1.00. The van der Waals surface area contributed by atoms with E-state index in [-0.39, 0.29) is 0 Å². The summed E-state index contributed by atoms with van der Waals surface area (Å²) in [5.41, 5.74) is 0. The third-order valence-electron chi connectivity index (χ3n) is 5.51. The fourth-order valence-electron chi connectivity index (χ4n) is 4.68. The Morgan fingerprint density at radius 1 is 0.280 bits per heavy atom. The Labute approximate surface area is 312 Å². The summed E-state index contributed by atoms with van der Waals surface area (Å²) < 4.78 is 82.2. The molecule has 0 aromatic carbocycles. The van der Waals surface area contributed by atoms with Crippen molar-refractivity contribution in [2.24, 2.45) is 29.5 Å². The lowest BCUT2D eigenvalue weighted by molar-refractivity contribution is 0.0475. The van der Waals surface area contributed by atoms with E-state index in [0.29, 0.717) is 0 Å². The molecule has 0 bridgehead atoms. The van der Waals surface area contributed by atoms with Crippen molar-refractivity contribution in [3.05, 3.63) is 0 Å². The van der Waals surface area contributed by atoms with Gasteiger partial charge in [0.2, 0.25) is 0 Å². The van der Waals surface area contributed by atoms with E-state index in [2.05, 4.69) is 33.5 Å². The maximum atomic E-state index is 6.51. The van der Waals surface area contributed by atoms with Crippen LogP contribution in [0.25, 0.3) is 0 Å². The molecule has 304 valence electrons. The van der Waals surface area contributed by atoms with Crippen LogP contribution in [0.15, 0.2) is 0 Å². The number of hydrogen-bond acceptors (Lipinski definition) is 19. The lowest BCUT2D eigenvalue weighted by atomic mass is 10.4. The highest BCUT2D eigenvalue weighted by molar-refractivity contribution is 6.91. The van der Waals surface area contributed by atoms with Crippen molar-refractivity contribution in [1.82, 2.24) is 0 Å². The highest BCUT2D eigenvalue weighted by atomic mass is 28.5. The van der Waals surface area contributed by atoms with Crippen LogP contribution in [0.2, 0.25) is 111 Å². The third-order valence-corrected chi connectivity index (χ3v) is 39.2. The molecule has 0 saturated carbocycles. The van der Waals surface area contributed by atoms with Crippen molar-refractivity contribution < 1.29 is 59.7 Å². The van der Waals surface area contributed by atoms with Gasteiger partial charge in [0, 0.05) is 32.7 Å². The van der Waals surface area contributed by atoms with Crippen LogP contribution in [0.3, 0.4) is 0 Å². The molecule has 0 saturated heterocycles. The molecule has 0 aliphatic rings. The molecule has 0 fully saturated rings. The van der Waals surface area contributed by atoms with Crippen LogP contribution in [0.1, 0.15) is 26.7 Å². The summed E-state index contributed by atoms with van der Waals surface area (Å²) in [6.07, 6.45) is 2.64. The molecule has 0 amide bonds. The lowest BCUT2D eigenvalue weighted by Gasteiger charge is -2.43. The number of nitrogens with two attached hydrogens (primary N) is 5. The summed E-state index contributed by atoms with van der Waals surface area (Å²) in [5.74, 6) is 28.3. The SMILES string of the molecule is CCCC.C[Si](C)(C)O[Si](C)(C)O[Si](C)(C)O[Si](C)(C)O[Si](C)(ON)O[Si](C)(ON)O[Si](C)(ON)O[Si](C)(ON)O[Si](C)(ON)O[Si](C)(C)C. The predicted octanol–water partition coefficient (Wildman–Crippen LogP) is 4.01. The summed E-state index contributed by atoms with van der Waals surface area (Å²) in [6.45, 7) is 35.4. The second kappa shape index (κ2) is 20.5. The zero-order chi connectivity index (χ0) is 40.3. The molecular weight excluding hydrogens is 827 g/mol. The Kier molecular flexibility index (Phi) is 22.0. The second-order valence-electron chi connectivity index (χ2n) is 15.2. The number of rotatable bonds is 24. The second-order valence-corrected chi connectivity index (χ2v) is 49.2. The van der Waals surface area contributed by atoms with Gasteiger partial charge in [0.1, 0.15) is 0 Å². The van der Waals surface area contributed by atoms with Crippen molar-refractivity contribution in [2.75, 3.05) is 0 Å². The highest BCUT2D eigenvalue weighted by Crippen LogP contribution is 2.30. The quantitative estimate of drug-likeness (QED) is 0.0677. The maximum Gasteiger partial charge on any atom is 0.499 e. The van der Waals surface area contributed by atoms with Gasteiger partial charge in [0.15, 0.2) is 16.6 Å². The minimum Gasteiger partial charge on any atom is -0.437 e. The first-order valence-corrected chi connectivity index (χ1v) is 42.7. The molecule has 50 heavy (non-hydrogen) atoms. The standard InChI is InChI=1S/C17H61N5O14Si10.C4H10/c1-37(2,3)28-39(7,8)30-40(9,10)31-41(11,12)32-43(14,24-19)34-45(16,26-21)36-46(17,27-22)35-44(15,25-20)33-42(13,23-18)29-38(4,5)6;1-3-4-2/h18-22H2,1-17H3;3-4H2,1-2H3. The molecule has 0 aromatic rings. The molecule has 10 N–H and O–H groups in total. The van der Waals surface area contributed by atoms with E-state index < -0.39 is 86.3 Å². The Hall–Kier alpha value is 1.41. The molecule has 19 nitrogen and oxygen atoms in total. The summed E-state index contributed by atoms with van der Waals surface area (Å²) in [5, 5.41) is 0. The molecule has 5 atom stereocenters. The Morgan fingerprint density at radius 3 is 0.700 bits per heavy atom. The minimum atomic E-state index is -4.01. The van der Waals surface area contributed by atoms with Crippen LogP contribution in [0.5, 0.6) is 0 Å². The minimum absolute atomic E-state index is 1.32. The predicted molar refractivity (Wildman–Crippen MR) is 214 cm³/mol.